The first-order chi connectivity index (χ1) is 13.8. The number of nitrogens with zero attached hydrogens (tertiary/aromatic N) is 1. The van der Waals surface area contributed by atoms with Gasteiger partial charge < -0.3 is 14.8 Å². The number of benzene rings is 2. The number of carbonyl (C=O) groups excluding carboxylic acids is 1. The Morgan fingerprint density at radius 2 is 1.82 bits per heavy atom. The van der Waals surface area contributed by atoms with Crippen LogP contribution < -0.4 is 10.1 Å². The van der Waals surface area contributed by atoms with E-state index in [4.69, 9.17) is 9.47 Å². The lowest BCUT2D eigenvalue weighted by Gasteiger charge is -2.26. The number of nitrogens with one attached hydrogen (secondary N) is 1. The molecule has 0 unspecified atom stereocenters. The first kappa shape index (κ1) is 20.1. The molecule has 1 aliphatic heterocycles. The summed E-state index contributed by atoms with van der Waals surface area (Å²) in [5.74, 6) is 0.676. The van der Waals surface area contributed by atoms with E-state index in [0.29, 0.717) is 12.1 Å². The molecule has 28 heavy (non-hydrogen) atoms. The lowest BCUT2D eigenvalue weighted by molar-refractivity contribution is -0.115. The molecule has 0 bridgehead atoms. The van der Waals surface area contributed by atoms with Crippen molar-refractivity contribution in [3.63, 3.8) is 0 Å². The van der Waals surface area contributed by atoms with Gasteiger partial charge in [0.15, 0.2) is 0 Å². The van der Waals surface area contributed by atoms with Crippen LogP contribution in [-0.4, -0.2) is 57.3 Å². The first-order valence-corrected chi connectivity index (χ1v) is 9.76. The molecule has 1 heterocycles. The van der Waals surface area contributed by atoms with E-state index in [1.807, 2.05) is 60.7 Å². The minimum Gasteiger partial charge on any atom is -0.496 e. The van der Waals surface area contributed by atoms with Crippen molar-refractivity contribution in [2.75, 3.05) is 46.5 Å². The van der Waals surface area contributed by atoms with Gasteiger partial charge in [0.05, 0.1) is 20.3 Å². The molecule has 1 N–H and O–H groups in total. The van der Waals surface area contributed by atoms with Crippen LogP contribution in [0.2, 0.25) is 0 Å². The lowest BCUT2D eigenvalue weighted by atomic mass is 10.0. The molecule has 0 spiro atoms. The summed E-state index contributed by atoms with van der Waals surface area (Å²) in [6.45, 7) is 5.15. The van der Waals surface area contributed by atoms with E-state index in [1.54, 1.807) is 7.11 Å². The van der Waals surface area contributed by atoms with Gasteiger partial charge in [-0.3, -0.25) is 9.69 Å². The summed E-state index contributed by atoms with van der Waals surface area (Å²) in [7, 11) is 1.64. The second-order valence-corrected chi connectivity index (χ2v) is 6.73. The molecule has 1 saturated heterocycles. The molecule has 2 aromatic rings. The maximum Gasteiger partial charge on any atom is 0.251 e. The maximum atomic E-state index is 12.9. The highest BCUT2D eigenvalue weighted by Gasteiger charge is 2.14. The smallest absolute Gasteiger partial charge is 0.251 e. The van der Waals surface area contributed by atoms with Crippen molar-refractivity contribution in [1.82, 2.24) is 10.2 Å². The van der Waals surface area contributed by atoms with E-state index in [1.165, 1.54) is 0 Å². The van der Waals surface area contributed by atoms with Crippen LogP contribution in [0.3, 0.4) is 0 Å². The Kier molecular flexibility index (Phi) is 7.64. The van der Waals surface area contributed by atoms with E-state index in [2.05, 4.69) is 10.2 Å². The number of para-hydroxylation sites is 1. The van der Waals surface area contributed by atoms with Crippen molar-refractivity contribution < 1.29 is 14.3 Å². The van der Waals surface area contributed by atoms with Crippen LogP contribution in [0, 0.1) is 0 Å². The van der Waals surface area contributed by atoms with Gasteiger partial charge in [0.1, 0.15) is 5.75 Å². The van der Waals surface area contributed by atoms with Gasteiger partial charge in [-0.2, -0.15) is 0 Å². The van der Waals surface area contributed by atoms with Crippen LogP contribution in [0.15, 0.2) is 54.6 Å². The zero-order valence-corrected chi connectivity index (χ0v) is 16.4. The Bertz CT molecular complexity index is 783. The van der Waals surface area contributed by atoms with Crippen LogP contribution in [0.25, 0.3) is 11.6 Å². The van der Waals surface area contributed by atoms with Gasteiger partial charge in [0.25, 0.3) is 5.91 Å². The number of hydrogen-bond donors (Lipinski definition) is 1. The second-order valence-electron chi connectivity index (χ2n) is 6.73. The molecule has 0 atom stereocenters. The van der Waals surface area contributed by atoms with Gasteiger partial charge in [0.2, 0.25) is 0 Å². The Morgan fingerprint density at radius 3 is 2.57 bits per heavy atom. The van der Waals surface area contributed by atoms with E-state index in [0.717, 1.165) is 56.1 Å². The van der Waals surface area contributed by atoms with Crippen molar-refractivity contribution in [3.8, 4) is 5.75 Å². The van der Waals surface area contributed by atoms with Crippen molar-refractivity contribution in [2.45, 2.75) is 6.42 Å². The molecule has 2 aromatic carbocycles. The number of carbonyl (C=O) groups is 1. The number of rotatable bonds is 8. The molecule has 3 rings (SSSR count). The minimum atomic E-state index is -0.0703. The SMILES string of the molecule is COc1ccccc1/C=C(/C(=O)NCCCN1CCOCC1)c1ccccc1. The average molecular weight is 380 g/mol. The van der Waals surface area contributed by atoms with E-state index in [-0.39, 0.29) is 5.91 Å². The molecule has 0 saturated carbocycles. The summed E-state index contributed by atoms with van der Waals surface area (Å²) in [5.41, 5.74) is 2.41. The Labute approximate surface area is 167 Å². The third-order valence-electron chi connectivity index (χ3n) is 4.81. The standard InChI is InChI=1S/C23H28N2O3/c1-27-22-11-6-5-10-20(22)18-21(19-8-3-2-4-9-19)23(26)24-12-7-13-25-14-16-28-17-15-25/h2-6,8-11,18H,7,12-17H2,1H3,(H,24,26)/b21-18+. The summed E-state index contributed by atoms with van der Waals surface area (Å²) < 4.78 is 10.8. The molecule has 0 radical (unpaired) electrons. The number of amides is 1. The quantitative estimate of drug-likeness (QED) is 0.434. The van der Waals surface area contributed by atoms with Gasteiger partial charge in [-0.15, -0.1) is 0 Å². The summed E-state index contributed by atoms with van der Waals surface area (Å²) in [6.07, 6.45) is 2.81. The van der Waals surface area contributed by atoms with E-state index >= 15 is 0 Å². The Morgan fingerprint density at radius 1 is 1.11 bits per heavy atom. The van der Waals surface area contributed by atoms with Gasteiger partial charge in [-0.05, 0) is 30.7 Å². The Balaban J connectivity index is 1.68. The van der Waals surface area contributed by atoms with Crippen LogP contribution in [-0.2, 0) is 9.53 Å². The van der Waals surface area contributed by atoms with Gasteiger partial charge in [-0.25, -0.2) is 0 Å². The summed E-state index contributed by atoms with van der Waals surface area (Å²) >= 11 is 0. The summed E-state index contributed by atoms with van der Waals surface area (Å²) in [5, 5.41) is 3.07. The molecule has 0 aliphatic carbocycles. The molecular weight excluding hydrogens is 352 g/mol. The fourth-order valence-electron chi connectivity index (χ4n) is 3.26. The second kappa shape index (κ2) is 10.6. The lowest BCUT2D eigenvalue weighted by Crippen LogP contribution is -2.38. The van der Waals surface area contributed by atoms with Crippen LogP contribution >= 0.6 is 0 Å². The highest BCUT2D eigenvalue weighted by Crippen LogP contribution is 2.24. The largest absolute Gasteiger partial charge is 0.496 e. The summed E-state index contributed by atoms with van der Waals surface area (Å²) in [4.78, 5) is 15.3. The molecule has 0 aromatic heterocycles. The monoisotopic (exact) mass is 380 g/mol. The Hall–Kier alpha value is -2.63. The van der Waals surface area contributed by atoms with Gasteiger partial charge in [0, 0.05) is 30.8 Å². The molecule has 1 fully saturated rings. The fourth-order valence-corrected chi connectivity index (χ4v) is 3.26. The first-order valence-electron chi connectivity index (χ1n) is 9.76. The third-order valence-corrected chi connectivity index (χ3v) is 4.81. The van der Waals surface area contributed by atoms with Gasteiger partial charge in [-0.1, -0.05) is 48.5 Å². The van der Waals surface area contributed by atoms with E-state index in [9.17, 15) is 4.79 Å². The third kappa shape index (κ3) is 5.68. The van der Waals surface area contributed by atoms with Crippen molar-refractivity contribution in [2.24, 2.45) is 0 Å². The normalized spacial score (nSPS) is 15.2. The van der Waals surface area contributed by atoms with Crippen molar-refractivity contribution in [1.29, 1.82) is 0 Å². The molecule has 5 nitrogen and oxygen atoms in total. The number of ether oxygens (including phenoxy) is 2. The molecular formula is C23H28N2O3. The summed E-state index contributed by atoms with van der Waals surface area (Å²) in [6, 6.07) is 17.4. The van der Waals surface area contributed by atoms with Crippen LogP contribution in [0.4, 0.5) is 0 Å². The topological polar surface area (TPSA) is 50.8 Å². The van der Waals surface area contributed by atoms with Crippen LogP contribution in [0.1, 0.15) is 17.5 Å². The van der Waals surface area contributed by atoms with Crippen molar-refractivity contribution >= 4 is 17.6 Å². The van der Waals surface area contributed by atoms with Gasteiger partial charge >= 0.3 is 0 Å². The predicted octanol–water partition coefficient (Wildman–Crippen LogP) is 3.07. The predicted molar refractivity (Wildman–Crippen MR) is 112 cm³/mol. The zero-order chi connectivity index (χ0) is 19.6. The number of methoxy groups -OCH3 is 1. The average Bonchev–Trinajstić information content (AvgIpc) is 2.76. The molecule has 1 aliphatic rings. The minimum absolute atomic E-state index is 0.0703. The zero-order valence-electron chi connectivity index (χ0n) is 16.4. The highest BCUT2D eigenvalue weighted by atomic mass is 16.5. The molecule has 1 amide bonds. The number of hydrogen-bond acceptors (Lipinski definition) is 4. The van der Waals surface area contributed by atoms with E-state index < -0.39 is 0 Å². The molecule has 148 valence electrons. The van der Waals surface area contributed by atoms with Crippen LogP contribution in [0.5, 0.6) is 5.75 Å². The fraction of sp³-hybridized carbons (Fsp3) is 0.348. The maximum absolute atomic E-state index is 12.9. The highest BCUT2D eigenvalue weighted by molar-refractivity contribution is 6.24. The van der Waals surface area contributed by atoms with Crippen molar-refractivity contribution in [3.05, 3.63) is 65.7 Å². The number of morpholine rings is 1. The molecule has 5 heteroatoms.